The molecule has 1 unspecified atom stereocenters. The Kier molecular flexibility index (Phi) is 26.8. The fraction of sp³-hybridized carbons (Fsp3) is 0.115. The lowest BCUT2D eigenvalue weighted by Crippen LogP contribution is -2.39. The third kappa shape index (κ3) is 21.2. The number of halogens is 6. The number of Topliss-reactive ketones (excluding diaryl/α,β-unsaturated/α-hetero) is 3. The van der Waals surface area contributed by atoms with Crippen LogP contribution in [0.25, 0.3) is 20.7 Å². The number of carboxylic acid groups (broad SMARTS) is 1. The smallest absolute Gasteiger partial charge is 0.421 e. The molecule has 27 heteroatoms. The van der Waals surface area contributed by atoms with Crippen molar-refractivity contribution < 1.29 is 61.3 Å². The normalized spacial score (nSPS) is 10.9. The number of aliphatic hydroxyl groups is 1. The van der Waals surface area contributed by atoms with Gasteiger partial charge in [-0.25, -0.2) is 24.7 Å². The lowest BCUT2D eigenvalue weighted by atomic mass is 9.40. The number of pyridine rings is 2. The molecule has 4 aromatic carbocycles. The lowest BCUT2D eigenvalue weighted by molar-refractivity contribution is -0.258. The maximum Gasteiger partial charge on any atom is 0.421 e. The van der Waals surface area contributed by atoms with E-state index < -0.39 is 28.9 Å². The largest absolute Gasteiger partial charge is 0.478 e. The van der Waals surface area contributed by atoms with Crippen molar-refractivity contribution in [3.05, 3.63) is 194 Å². The third-order valence-corrected chi connectivity index (χ3v) is 12.6. The Hall–Kier alpha value is -7.17. The molecular formula is C52H44B4Br2ClF3N6O9S2. The van der Waals surface area contributed by atoms with Crippen LogP contribution in [0.1, 0.15) is 110 Å². The number of hydrogen-bond acceptors (Lipinski definition) is 14. The van der Waals surface area contributed by atoms with E-state index >= 15 is 0 Å². The maximum absolute atomic E-state index is 12.9. The van der Waals surface area contributed by atoms with Gasteiger partial charge in [-0.2, -0.15) is 13.2 Å². The summed E-state index contributed by atoms with van der Waals surface area (Å²) < 4.78 is 49.9. The number of carboxylic acids is 1. The van der Waals surface area contributed by atoms with Gasteiger partial charge in [0.15, 0.2) is 33.2 Å². The zero-order chi connectivity index (χ0) is 60.5. The first-order valence-corrected chi connectivity index (χ1v) is 25.4. The fourth-order valence-corrected chi connectivity index (χ4v) is 8.33. The highest BCUT2D eigenvalue weighted by Gasteiger charge is 2.51. The second-order valence-corrected chi connectivity index (χ2v) is 19.4. The van der Waals surface area contributed by atoms with Gasteiger partial charge in [-0.05, 0) is 150 Å². The average Bonchev–Trinajstić information content (AvgIpc) is 4.18. The number of ketones is 3. The van der Waals surface area contributed by atoms with E-state index in [4.69, 9.17) is 19.7 Å². The van der Waals surface area contributed by atoms with E-state index in [0.717, 1.165) is 34.1 Å². The monoisotopic (exact) mass is 1260 g/mol. The molecular weight excluding hydrogens is 1210 g/mol. The number of nitrogens with one attached hydrogen (secondary N) is 2. The molecule has 4 heterocycles. The second kappa shape index (κ2) is 32.0. The van der Waals surface area contributed by atoms with Gasteiger partial charge in [0.05, 0.1) is 5.56 Å². The van der Waals surface area contributed by atoms with Gasteiger partial charge in [-0.15, -0.1) is 5.73 Å². The van der Waals surface area contributed by atoms with Crippen molar-refractivity contribution in [2.45, 2.75) is 39.5 Å². The number of benzene rings is 4. The Morgan fingerprint density at radius 1 is 0.608 bits per heavy atom. The van der Waals surface area contributed by atoms with Crippen molar-refractivity contribution in [3.63, 3.8) is 0 Å². The zero-order valence-electron chi connectivity index (χ0n) is 43.9. The van der Waals surface area contributed by atoms with E-state index in [0.29, 0.717) is 60.0 Å². The quantitative estimate of drug-likeness (QED) is 0.0328. The minimum absolute atomic E-state index is 0. The van der Waals surface area contributed by atoms with Crippen molar-refractivity contribution >= 4 is 168 Å². The van der Waals surface area contributed by atoms with E-state index in [-0.39, 0.29) is 49.8 Å². The van der Waals surface area contributed by atoms with Crippen LogP contribution < -0.4 is 10.6 Å². The Morgan fingerprint density at radius 2 is 0.899 bits per heavy atom. The fourth-order valence-electron chi connectivity index (χ4n) is 5.68. The molecule has 0 aliphatic heterocycles. The van der Waals surface area contributed by atoms with Gasteiger partial charge < -0.3 is 10.2 Å². The number of amides is 2. The van der Waals surface area contributed by atoms with Crippen molar-refractivity contribution in [2.75, 3.05) is 10.6 Å². The van der Waals surface area contributed by atoms with Crippen molar-refractivity contribution in [2.24, 2.45) is 0 Å². The van der Waals surface area contributed by atoms with E-state index in [1.165, 1.54) is 92.0 Å². The number of anilines is 2. The number of aromatic carboxylic acids is 1. The van der Waals surface area contributed by atoms with Crippen LogP contribution in [0.2, 0.25) is 0 Å². The molecule has 15 nitrogen and oxygen atoms in total. The highest BCUT2D eigenvalue weighted by atomic mass is 79.9. The third-order valence-electron chi connectivity index (χ3n) is 9.76. The zero-order valence-corrected chi connectivity index (χ0v) is 47.5. The number of alkyl halides is 3. The van der Waals surface area contributed by atoms with Crippen molar-refractivity contribution in [3.8, 4) is 0 Å². The van der Waals surface area contributed by atoms with Gasteiger partial charge in [-0.3, -0.25) is 39.4 Å². The maximum atomic E-state index is 12.9. The second-order valence-electron chi connectivity index (χ2n) is 15.4. The summed E-state index contributed by atoms with van der Waals surface area (Å²) in [6.45, 7) is 11.3. The molecule has 1 atom stereocenters. The summed E-state index contributed by atoms with van der Waals surface area (Å²) in [5.74, 6) is -1.90. The highest BCUT2D eigenvalue weighted by Crippen LogP contribution is 2.38. The van der Waals surface area contributed by atoms with E-state index in [2.05, 4.69) is 96.8 Å². The Morgan fingerprint density at radius 3 is 1.19 bits per heavy atom. The molecule has 4 aromatic heterocycles. The number of carbonyl (C=O) groups is 7. The van der Waals surface area contributed by atoms with Crippen LogP contribution in [-0.2, 0) is 5.60 Å². The predicted octanol–water partition coefficient (Wildman–Crippen LogP) is 12.2. The van der Waals surface area contributed by atoms with Crippen LogP contribution in [0.3, 0.4) is 0 Å². The molecule has 0 saturated carbocycles. The van der Waals surface area contributed by atoms with Crippen LogP contribution >= 0.6 is 66.1 Å². The van der Waals surface area contributed by atoms with Gasteiger partial charge in [0, 0.05) is 68.7 Å². The van der Waals surface area contributed by atoms with E-state index in [9.17, 15) is 51.8 Å². The van der Waals surface area contributed by atoms with Crippen LogP contribution in [-0.4, -0.2) is 108 Å². The standard InChI is InChI=1S/C16H11BrF3N3O2S.C15H10BrN3O2S.C9H7ClO2.C9H8O3.C3H4.B3.B.2H2/c1-15(25,16(18,19)20)9-4-2-8(3-5-9)12(24)23-14-21-10-6-7-11(17)22-13(10)26-14;1-8(20)9-2-4-10(5-3-9)13(21)19-15-17-11-6-7-12(16)18-14(11)22-15;1-6(11)7-2-4-8(5-3-7)9(10)12;1-6(10)7-2-4-8(5-3-7)9(11)12;2*1-3-2;;;/h2-7,25H,1H3,(H,21,23,24);2-7H,1H3,(H,17,19,21);2-5H,1H3;2-5H,1H3,(H,11,12);1-2H2;;;2*1H/i;;;;;;;1+1D;1+1. The van der Waals surface area contributed by atoms with Crippen LogP contribution in [0, 0.1) is 0 Å². The molecule has 4 N–H and O–H groups in total. The van der Waals surface area contributed by atoms with Crippen molar-refractivity contribution in [1.82, 2.24) is 19.9 Å². The van der Waals surface area contributed by atoms with Gasteiger partial charge in [0.2, 0.25) is 0 Å². The summed E-state index contributed by atoms with van der Waals surface area (Å²) in [5.41, 5.74) is 3.15. The first-order chi connectivity index (χ1) is 37.6. The molecule has 2 amide bonds. The SMILES string of the molecule is C=C=C.CC(=O)c1ccc(C(=O)Cl)cc1.CC(=O)c1ccc(C(=O)Nc2nc3ccc(Br)nc3s2)cc1.CC(=O)c1ccc(C(=O)O)cc1.CC(O)(c1ccc(C(=O)Nc2nc3ccc(Br)nc3s2)cc1)C(F)(F)F.[2HH].[2H][2H].[B].[B][B][B]. The molecule has 8 rings (SSSR count). The number of carbonyl (C=O) groups excluding carboxylic acids is 6. The number of hydrogen-bond donors (Lipinski definition) is 4. The Labute approximate surface area is 490 Å². The van der Waals surface area contributed by atoms with Gasteiger partial charge in [0.25, 0.3) is 17.1 Å². The minimum atomic E-state index is -4.82. The van der Waals surface area contributed by atoms with Gasteiger partial charge >= 0.3 is 12.1 Å². The topological polar surface area (TPSA) is 236 Å². The molecule has 0 aliphatic rings. The summed E-state index contributed by atoms with van der Waals surface area (Å²) in [7, 11) is 10.0. The van der Waals surface area contributed by atoms with E-state index in [1.807, 2.05) is 6.07 Å². The van der Waals surface area contributed by atoms with E-state index in [1.54, 1.807) is 54.6 Å². The lowest BCUT2D eigenvalue weighted by Gasteiger charge is -2.26. The minimum Gasteiger partial charge on any atom is -0.478 e. The number of rotatable bonds is 10. The Balaban J connectivity index is 0.00000106. The van der Waals surface area contributed by atoms with Gasteiger partial charge in [-0.1, -0.05) is 84.4 Å². The van der Waals surface area contributed by atoms with Crippen LogP contribution in [0.4, 0.5) is 23.4 Å². The first-order valence-electron chi connectivity index (χ1n) is 22.8. The summed E-state index contributed by atoms with van der Waals surface area (Å²) in [5, 5.41) is 23.8. The Bertz CT molecular complexity index is 3350. The molecule has 0 bridgehead atoms. The molecule has 8 radical (unpaired) electrons. The molecule has 8 aromatic rings. The number of nitrogens with zero attached hydrogens (tertiary/aromatic N) is 4. The molecule has 0 saturated heterocycles. The summed E-state index contributed by atoms with van der Waals surface area (Å²) >= 11 is 14.2. The molecule has 0 fully saturated rings. The summed E-state index contributed by atoms with van der Waals surface area (Å²) in [6, 6.07) is 30.2. The first kappa shape index (κ1) is 66.1. The summed E-state index contributed by atoms with van der Waals surface area (Å²) in [4.78, 5) is 96.7. The summed E-state index contributed by atoms with van der Waals surface area (Å²) in [6.07, 6.45) is -4.82. The van der Waals surface area contributed by atoms with Crippen molar-refractivity contribution in [1.29, 1.82) is 0 Å². The number of aromatic nitrogens is 4. The number of thiazole rings is 2. The molecule has 0 spiro atoms. The van der Waals surface area contributed by atoms with Crippen LogP contribution in [0.15, 0.2) is 149 Å². The molecule has 0 aliphatic carbocycles. The highest BCUT2D eigenvalue weighted by molar-refractivity contribution is 9.10. The van der Waals surface area contributed by atoms with Gasteiger partial charge in [0.1, 0.15) is 29.9 Å². The molecule has 79 heavy (non-hydrogen) atoms. The molecule has 402 valence electrons. The average molecular weight is 1260 g/mol. The predicted molar refractivity (Wildman–Crippen MR) is 317 cm³/mol. The number of fused-ring (bicyclic) bond motifs is 2. The van der Waals surface area contributed by atoms with Crippen LogP contribution in [0.5, 0.6) is 0 Å².